The Labute approximate surface area is 124 Å². The van der Waals surface area contributed by atoms with Crippen molar-refractivity contribution in [3.05, 3.63) is 36.0 Å². The number of rotatable bonds is 2. The normalized spacial score (nSPS) is 23.0. The van der Waals surface area contributed by atoms with Gasteiger partial charge in [0.2, 0.25) is 0 Å². The lowest BCUT2D eigenvalue weighted by Crippen LogP contribution is -2.30. The van der Waals surface area contributed by atoms with Crippen molar-refractivity contribution in [3.8, 4) is 0 Å². The van der Waals surface area contributed by atoms with Crippen LogP contribution < -0.4 is 10.6 Å². The van der Waals surface area contributed by atoms with Gasteiger partial charge in [0.1, 0.15) is 0 Å². The second-order valence-corrected chi connectivity index (χ2v) is 5.87. The van der Waals surface area contributed by atoms with Gasteiger partial charge in [0.15, 0.2) is 5.84 Å². The number of aromatic nitrogens is 1. The largest absolute Gasteiger partial charge is 0.409 e. The average molecular weight is 284 g/mol. The van der Waals surface area contributed by atoms with Crippen LogP contribution >= 0.6 is 0 Å². The predicted octanol–water partition coefficient (Wildman–Crippen LogP) is 2.56. The molecule has 110 valence electrons. The quantitative estimate of drug-likeness (QED) is 0.385. The average Bonchev–Trinajstić information content (AvgIpc) is 2.83. The summed E-state index contributed by atoms with van der Waals surface area (Å²) in [6, 6.07) is 8.42. The van der Waals surface area contributed by atoms with Gasteiger partial charge in [-0.25, -0.2) is 0 Å². The molecular weight excluding hydrogens is 264 g/mol. The van der Waals surface area contributed by atoms with Crippen LogP contribution in [-0.2, 0) is 0 Å². The fraction of sp³-hybridized carbons (Fsp3) is 0.375. The molecule has 3 rings (SSSR count). The summed E-state index contributed by atoms with van der Waals surface area (Å²) in [6.07, 6.45) is 2.84. The number of amidine groups is 1. The predicted molar refractivity (Wildman–Crippen MR) is 84.8 cm³/mol. The number of benzene rings is 1. The zero-order valence-corrected chi connectivity index (χ0v) is 12.3. The minimum absolute atomic E-state index is 0.106. The van der Waals surface area contributed by atoms with Crippen LogP contribution in [0.3, 0.4) is 0 Å². The van der Waals surface area contributed by atoms with Crippen molar-refractivity contribution in [2.24, 2.45) is 16.8 Å². The SMILES string of the molecule is CC1CC(C)N(c2c(/C(N)=N/O)cnc3ccccc23)C1. The zero-order chi connectivity index (χ0) is 15.0. The zero-order valence-electron chi connectivity index (χ0n) is 12.3. The van der Waals surface area contributed by atoms with Crippen LogP contribution in [0.15, 0.2) is 35.6 Å². The smallest absolute Gasteiger partial charge is 0.173 e. The van der Waals surface area contributed by atoms with Crippen molar-refractivity contribution in [2.45, 2.75) is 26.3 Å². The van der Waals surface area contributed by atoms with Gasteiger partial charge >= 0.3 is 0 Å². The Morgan fingerprint density at radius 3 is 2.81 bits per heavy atom. The van der Waals surface area contributed by atoms with Gasteiger partial charge in [-0.2, -0.15) is 0 Å². The lowest BCUT2D eigenvalue weighted by molar-refractivity contribution is 0.318. The summed E-state index contributed by atoms with van der Waals surface area (Å²) < 4.78 is 0. The van der Waals surface area contributed by atoms with Crippen molar-refractivity contribution in [1.29, 1.82) is 0 Å². The Morgan fingerprint density at radius 2 is 2.14 bits per heavy atom. The third-order valence-corrected chi connectivity index (χ3v) is 4.20. The number of pyridine rings is 1. The van der Waals surface area contributed by atoms with Crippen molar-refractivity contribution < 1.29 is 5.21 Å². The number of para-hydroxylation sites is 1. The van der Waals surface area contributed by atoms with Crippen LogP contribution in [0.2, 0.25) is 0 Å². The number of anilines is 1. The summed E-state index contributed by atoms with van der Waals surface area (Å²) in [5, 5.41) is 13.3. The summed E-state index contributed by atoms with van der Waals surface area (Å²) in [7, 11) is 0. The molecule has 0 saturated carbocycles. The van der Waals surface area contributed by atoms with Gasteiger partial charge in [0, 0.05) is 24.2 Å². The van der Waals surface area contributed by atoms with E-state index in [4.69, 9.17) is 10.9 Å². The Kier molecular flexibility index (Phi) is 3.41. The maximum absolute atomic E-state index is 9.06. The van der Waals surface area contributed by atoms with Crippen LogP contribution in [0.5, 0.6) is 0 Å². The molecule has 21 heavy (non-hydrogen) atoms. The highest BCUT2D eigenvalue weighted by atomic mass is 16.4. The number of nitrogens with two attached hydrogens (primary N) is 1. The second kappa shape index (κ2) is 5.24. The summed E-state index contributed by atoms with van der Waals surface area (Å²) >= 11 is 0. The molecule has 3 N–H and O–H groups in total. The Bertz CT molecular complexity index is 698. The summed E-state index contributed by atoms with van der Waals surface area (Å²) in [5.74, 6) is 0.738. The number of hydrogen-bond donors (Lipinski definition) is 2. The summed E-state index contributed by atoms with van der Waals surface area (Å²) in [5.41, 5.74) is 8.50. The molecule has 0 bridgehead atoms. The van der Waals surface area contributed by atoms with Gasteiger partial charge < -0.3 is 15.8 Å². The summed E-state index contributed by atoms with van der Waals surface area (Å²) in [6.45, 7) is 5.44. The Morgan fingerprint density at radius 1 is 1.38 bits per heavy atom. The molecule has 0 aliphatic carbocycles. The molecular formula is C16H20N4O. The second-order valence-electron chi connectivity index (χ2n) is 5.87. The minimum atomic E-state index is 0.106. The molecule has 5 nitrogen and oxygen atoms in total. The van der Waals surface area contributed by atoms with Crippen molar-refractivity contribution >= 4 is 22.4 Å². The first-order valence-corrected chi connectivity index (χ1v) is 7.24. The van der Waals surface area contributed by atoms with Crippen molar-refractivity contribution in [1.82, 2.24) is 4.98 Å². The van der Waals surface area contributed by atoms with E-state index in [9.17, 15) is 0 Å². The van der Waals surface area contributed by atoms with E-state index in [2.05, 4.69) is 28.9 Å². The molecule has 2 heterocycles. The topological polar surface area (TPSA) is 74.7 Å². The highest BCUT2D eigenvalue weighted by molar-refractivity contribution is 6.09. The van der Waals surface area contributed by atoms with Crippen LogP contribution in [0.1, 0.15) is 25.8 Å². The number of nitrogens with zero attached hydrogens (tertiary/aromatic N) is 3. The fourth-order valence-corrected chi connectivity index (χ4v) is 3.29. The molecule has 1 aromatic carbocycles. The molecule has 5 heteroatoms. The van der Waals surface area contributed by atoms with E-state index in [1.165, 1.54) is 0 Å². The van der Waals surface area contributed by atoms with E-state index < -0.39 is 0 Å². The van der Waals surface area contributed by atoms with E-state index in [0.717, 1.165) is 29.6 Å². The van der Waals surface area contributed by atoms with Gasteiger partial charge in [-0.05, 0) is 25.3 Å². The highest BCUT2D eigenvalue weighted by Gasteiger charge is 2.30. The Balaban J connectivity index is 2.26. The lowest BCUT2D eigenvalue weighted by Gasteiger charge is -2.27. The summed E-state index contributed by atoms with van der Waals surface area (Å²) in [4.78, 5) is 6.78. The third-order valence-electron chi connectivity index (χ3n) is 4.20. The lowest BCUT2D eigenvalue weighted by atomic mass is 10.1. The molecule has 2 atom stereocenters. The molecule has 1 fully saturated rings. The number of fused-ring (bicyclic) bond motifs is 1. The fourth-order valence-electron chi connectivity index (χ4n) is 3.29. The Hall–Kier alpha value is -2.30. The molecule has 0 radical (unpaired) electrons. The molecule has 0 spiro atoms. The molecule has 1 aliphatic heterocycles. The van der Waals surface area contributed by atoms with E-state index in [-0.39, 0.29) is 5.84 Å². The highest BCUT2D eigenvalue weighted by Crippen LogP contribution is 2.36. The van der Waals surface area contributed by atoms with Crippen LogP contribution in [0.25, 0.3) is 10.9 Å². The first-order valence-electron chi connectivity index (χ1n) is 7.24. The minimum Gasteiger partial charge on any atom is -0.409 e. The van der Waals surface area contributed by atoms with E-state index in [1.807, 2.05) is 24.3 Å². The van der Waals surface area contributed by atoms with Gasteiger partial charge in [0.05, 0.1) is 16.8 Å². The van der Waals surface area contributed by atoms with Crippen LogP contribution in [-0.4, -0.2) is 28.6 Å². The number of oxime groups is 1. The van der Waals surface area contributed by atoms with Crippen LogP contribution in [0, 0.1) is 5.92 Å². The van der Waals surface area contributed by atoms with E-state index in [1.54, 1.807) is 6.20 Å². The van der Waals surface area contributed by atoms with E-state index >= 15 is 0 Å². The van der Waals surface area contributed by atoms with Gasteiger partial charge in [0.25, 0.3) is 0 Å². The van der Waals surface area contributed by atoms with E-state index in [0.29, 0.717) is 17.5 Å². The van der Waals surface area contributed by atoms with Crippen LogP contribution in [0.4, 0.5) is 5.69 Å². The van der Waals surface area contributed by atoms with Gasteiger partial charge in [-0.1, -0.05) is 30.3 Å². The first-order chi connectivity index (χ1) is 10.1. The molecule has 2 aromatic rings. The van der Waals surface area contributed by atoms with Gasteiger partial charge in [-0.3, -0.25) is 4.98 Å². The van der Waals surface area contributed by atoms with Crippen molar-refractivity contribution in [3.63, 3.8) is 0 Å². The standard InChI is InChI=1S/C16H20N4O/c1-10-7-11(2)20(9-10)15-12-5-3-4-6-14(12)18-8-13(15)16(17)19-21/h3-6,8,10-11,21H,7,9H2,1-2H3,(H2,17,19). The van der Waals surface area contributed by atoms with Crippen molar-refractivity contribution in [2.75, 3.05) is 11.4 Å². The molecule has 1 saturated heterocycles. The maximum Gasteiger partial charge on any atom is 0.173 e. The molecule has 0 amide bonds. The molecule has 1 aromatic heterocycles. The molecule has 1 aliphatic rings. The third kappa shape index (κ3) is 2.28. The monoisotopic (exact) mass is 284 g/mol. The number of hydrogen-bond acceptors (Lipinski definition) is 4. The first kappa shape index (κ1) is 13.7. The maximum atomic E-state index is 9.06. The van der Waals surface area contributed by atoms with Gasteiger partial charge in [-0.15, -0.1) is 0 Å². The molecule has 2 unspecified atom stereocenters.